The SMILES string of the molecule is CN=C(NCCOC1CCCCCC1)NCC(=O)N1CCc2ccccc2C1. The number of fused-ring (bicyclic) bond motifs is 1. The minimum atomic E-state index is 0.104. The van der Waals surface area contributed by atoms with Gasteiger partial charge in [0.15, 0.2) is 5.96 Å². The van der Waals surface area contributed by atoms with Crippen LogP contribution < -0.4 is 10.6 Å². The van der Waals surface area contributed by atoms with E-state index in [0.717, 1.165) is 13.0 Å². The lowest BCUT2D eigenvalue weighted by Crippen LogP contribution is -2.46. The maximum absolute atomic E-state index is 12.6. The molecule has 0 saturated heterocycles. The van der Waals surface area contributed by atoms with Crippen LogP contribution in [0.2, 0.25) is 0 Å². The summed E-state index contributed by atoms with van der Waals surface area (Å²) in [5.41, 5.74) is 2.60. The number of benzene rings is 1. The zero-order chi connectivity index (χ0) is 19.6. The summed E-state index contributed by atoms with van der Waals surface area (Å²) < 4.78 is 5.99. The molecule has 2 aliphatic rings. The summed E-state index contributed by atoms with van der Waals surface area (Å²) in [6, 6.07) is 8.36. The number of ether oxygens (including phenoxy) is 1. The molecule has 1 aromatic rings. The molecule has 1 saturated carbocycles. The van der Waals surface area contributed by atoms with Gasteiger partial charge in [0.1, 0.15) is 0 Å². The first kappa shape index (κ1) is 20.6. The molecule has 1 aromatic carbocycles. The highest BCUT2D eigenvalue weighted by molar-refractivity contribution is 5.86. The summed E-state index contributed by atoms with van der Waals surface area (Å²) in [6.07, 6.45) is 8.93. The van der Waals surface area contributed by atoms with Crippen molar-refractivity contribution < 1.29 is 9.53 Å². The number of amides is 1. The summed E-state index contributed by atoms with van der Waals surface area (Å²) in [7, 11) is 1.73. The molecule has 0 aromatic heterocycles. The van der Waals surface area contributed by atoms with Crippen LogP contribution in [-0.2, 0) is 22.5 Å². The first-order valence-electron chi connectivity index (χ1n) is 10.7. The van der Waals surface area contributed by atoms with Gasteiger partial charge in [0.05, 0.1) is 19.3 Å². The van der Waals surface area contributed by atoms with Gasteiger partial charge in [-0.3, -0.25) is 9.79 Å². The molecule has 0 unspecified atom stereocenters. The van der Waals surface area contributed by atoms with E-state index in [4.69, 9.17) is 4.74 Å². The van der Waals surface area contributed by atoms with Gasteiger partial charge in [0.25, 0.3) is 0 Å². The molecule has 6 heteroatoms. The second kappa shape index (κ2) is 11.1. The van der Waals surface area contributed by atoms with Crippen LogP contribution in [0, 0.1) is 0 Å². The average Bonchev–Trinajstić information content (AvgIpc) is 3.01. The Bertz CT molecular complexity index is 654. The summed E-state index contributed by atoms with van der Waals surface area (Å²) in [5, 5.41) is 6.37. The maximum atomic E-state index is 12.6. The van der Waals surface area contributed by atoms with Crippen molar-refractivity contribution in [2.75, 3.05) is 33.3 Å². The largest absolute Gasteiger partial charge is 0.376 e. The fraction of sp³-hybridized carbons (Fsp3) is 0.636. The molecule has 1 amide bonds. The minimum absolute atomic E-state index is 0.104. The monoisotopic (exact) mass is 386 g/mol. The molecule has 28 heavy (non-hydrogen) atoms. The number of nitrogens with one attached hydrogen (secondary N) is 2. The van der Waals surface area contributed by atoms with E-state index in [1.54, 1.807) is 7.05 Å². The van der Waals surface area contributed by atoms with Crippen LogP contribution in [-0.4, -0.2) is 56.2 Å². The summed E-state index contributed by atoms with van der Waals surface area (Å²) in [5.74, 6) is 0.752. The third kappa shape index (κ3) is 6.23. The second-order valence-electron chi connectivity index (χ2n) is 7.67. The van der Waals surface area contributed by atoms with Crippen molar-refractivity contribution in [3.63, 3.8) is 0 Å². The van der Waals surface area contributed by atoms with Crippen LogP contribution in [0.25, 0.3) is 0 Å². The Morgan fingerprint density at radius 3 is 2.64 bits per heavy atom. The van der Waals surface area contributed by atoms with Crippen molar-refractivity contribution in [3.05, 3.63) is 35.4 Å². The van der Waals surface area contributed by atoms with Gasteiger partial charge in [0, 0.05) is 26.7 Å². The molecular formula is C22H34N4O2. The van der Waals surface area contributed by atoms with Gasteiger partial charge in [0.2, 0.25) is 5.91 Å². The predicted molar refractivity (Wildman–Crippen MR) is 112 cm³/mol. The van der Waals surface area contributed by atoms with Gasteiger partial charge in [-0.05, 0) is 30.4 Å². The predicted octanol–water partition coefficient (Wildman–Crippen LogP) is 2.48. The summed E-state index contributed by atoms with van der Waals surface area (Å²) in [4.78, 5) is 18.7. The Kier molecular flexibility index (Phi) is 8.15. The Hall–Kier alpha value is -2.08. The standard InChI is InChI=1S/C22H34N4O2/c1-23-22(24-13-15-28-20-10-4-2-3-5-11-20)25-16-21(27)26-14-12-18-8-6-7-9-19(18)17-26/h6-9,20H,2-5,10-17H2,1H3,(H2,23,24,25). The van der Waals surface area contributed by atoms with Crippen LogP contribution in [0.1, 0.15) is 49.7 Å². The second-order valence-corrected chi connectivity index (χ2v) is 7.67. The van der Waals surface area contributed by atoms with Crippen LogP contribution in [0.3, 0.4) is 0 Å². The molecule has 1 heterocycles. The van der Waals surface area contributed by atoms with E-state index >= 15 is 0 Å². The maximum Gasteiger partial charge on any atom is 0.242 e. The quantitative estimate of drug-likeness (QED) is 0.341. The summed E-state index contributed by atoms with van der Waals surface area (Å²) >= 11 is 0. The van der Waals surface area contributed by atoms with Crippen molar-refractivity contribution in [2.45, 2.75) is 57.6 Å². The molecule has 154 valence electrons. The van der Waals surface area contributed by atoms with Crippen LogP contribution >= 0.6 is 0 Å². The number of rotatable bonds is 6. The third-order valence-electron chi connectivity index (χ3n) is 5.66. The molecule has 0 bridgehead atoms. The highest BCUT2D eigenvalue weighted by Crippen LogP contribution is 2.19. The lowest BCUT2D eigenvalue weighted by atomic mass is 10.00. The van der Waals surface area contributed by atoms with Crippen molar-refractivity contribution in [1.82, 2.24) is 15.5 Å². The van der Waals surface area contributed by atoms with Crippen LogP contribution in [0.5, 0.6) is 0 Å². The van der Waals surface area contributed by atoms with Crippen molar-refractivity contribution in [1.29, 1.82) is 0 Å². The number of guanidine groups is 1. The van der Waals surface area contributed by atoms with Gasteiger partial charge in [-0.25, -0.2) is 0 Å². The van der Waals surface area contributed by atoms with Gasteiger partial charge in [-0.2, -0.15) is 0 Å². The van der Waals surface area contributed by atoms with Crippen molar-refractivity contribution >= 4 is 11.9 Å². The fourth-order valence-electron chi connectivity index (χ4n) is 4.00. The molecule has 1 aliphatic heterocycles. The van der Waals surface area contributed by atoms with E-state index in [1.165, 1.54) is 49.7 Å². The fourth-order valence-corrected chi connectivity index (χ4v) is 4.00. The molecule has 3 rings (SSSR count). The zero-order valence-electron chi connectivity index (χ0n) is 17.1. The highest BCUT2D eigenvalue weighted by atomic mass is 16.5. The van der Waals surface area contributed by atoms with Gasteiger partial charge in [-0.1, -0.05) is 49.9 Å². The molecular weight excluding hydrogens is 352 g/mol. The van der Waals surface area contributed by atoms with Gasteiger partial charge >= 0.3 is 0 Å². The number of hydrogen-bond donors (Lipinski definition) is 2. The first-order valence-corrected chi connectivity index (χ1v) is 10.7. The number of carbonyl (C=O) groups is 1. The molecule has 6 nitrogen and oxygen atoms in total. The molecule has 0 radical (unpaired) electrons. The van der Waals surface area contributed by atoms with Gasteiger partial charge in [-0.15, -0.1) is 0 Å². The van der Waals surface area contributed by atoms with E-state index in [1.807, 2.05) is 11.0 Å². The van der Waals surface area contributed by atoms with Crippen LogP contribution in [0.4, 0.5) is 0 Å². The normalized spacial score (nSPS) is 18.3. The van der Waals surface area contributed by atoms with Gasteiger partial charge < -0.3 is 20.3 Å². The minimum Gasteiger partial charge on any atom is -0.376 e. The molecule has 2 N–H and O–H groups in total. The number of hydrogen-bond acceptors (Lipinski definition) is 3. The molecule has 1 aliphatic carbocycles. The van der Waals surface area contributed by atoms with Crippen molar-refractivity contribution in [2.24, 2.45) is 4.99 Å². The average molecular weight is 387 g/mol. The Balaban J connectivity index is 1.34. The third-order valence-corrected chi connectivity index (χ3v) is 5.66. The summed E-state index contributed by atoms with van der Waals surface area (Å²) in [6.45, 7) is 3.09. The Labute approximate surface area is 168 Å². The number of nitrogens with zero attached hydrogens (tertiary/aromatic N) is 2. The van der Waals surface area contributed by atoms with E-state index in [0.29, 0.717) is 31.8 Å². The topological polar surface area (TPSA) is 66.0 Å². The number of carbonyl (C=O) groups excluding carboxylic acids is 1. The molecule has 0 atom stereocenters. The molecule has 0 spiro atoms. The van der Waals surface area contributed by atoms with Crippen molar-refractivity contribution in [3.8, 4) is 0 Å². The first-order chi connectivity index (χ1) is 13.8. The van der Waals surface area contributed by atoms with E-state index in [9.17, 15) is 4.79 Å². The Morgan fingerprint density at radius 1 is 1.14 bits per heavy atom. The number of aliphatic imine (C=N–C) groups is 1. The molecule has 1 fully saturated rings. The Morgan fingerprint density at radius 2 is 1.89 bits per heavy atom. The van der Waals surface area contributed by atoms with Crippen LogP contribution in [0.15, 0.2) is 29.3 Å². The van der Waals surface area contributed by atoms with E-state index < -0.39 is 0 Å². The lowest BCUT2D eigenvalue weighted by Gasteiger charge is -2.29. The van der Waals surface area contributed by atoms with E-state index in [-0.39, 0.29) is 12.5 Å². The smallest absolute Gasteiger partial charge is 0.242 e. The lowest BCUT2D eigenvalue weighted by molar-refractivity contribution is -0.130. The highest BCUT2D eigenvalue weighted by Gasteiger charge is 2.20. The zero-order valence-corrected chi connectivity index (χ0v) is 17.1. The van der Waals surface area contributed by atoms with E-state index in [2.05, 4.69) is 33.8 Å².